The molecule has 1 saturated carbocycles. The number of nitrogens with zero attached hydrogens (tertiary/aromatic N) is 2. The van der Waals surface area contributed by atoms with Crippen LogP contribution in [0.2, 0.25) is 0 Å². The quantitative estimate of drug-likeness (QED) is 0.729. The van der Waals surface area contributed by atoms with Crippen molar-refractivity contribution in [2.45, 2.75) is 62.8 Å². The second-order valence-corrected chi connectivity index (χ2v) is 10.4. The molecule has 0 bridgehead atoms. The molecule has 2 heterocycles. The SMILES string of the molecule is CC1CCN(C(=O)c2cc(S(=O)(=O)N(C)CC(=O)NC3CCCCC3)c[nH]2)CC1. The van der Waals surface area contributed by atoms with E-state index in [9.17, 15) is 18.0 Å². The first kappa shape index (κ1) is 21.8. The van der Waals surface area contributed by atoms with E-state index in [1.807, 2.05) is 0 Å². The molecule has 29 heavy (non-hydrogen) atoms. The van der Waals surface area contributed by atoms with E-state index < -0.39 is 10.0 Å². The Hall–Kier alpha value is -1.87. The number of piperidine rings is 1. The van der Waals surface area contributed by atoms with E-state index in [-0.39, 0.29) is 35.0 Å². The second kappa shape index (κ2) is 9.30. The van der Waals surface area contributed by atoms with Gasteiger partial charge in [0, 0.05) is 32.4 Å². The number of H-pyrrole nitrogens is 1. The van der Waals surface area contributed by atoms with Crippen molar-refractivity contribution in [2.75, 3.05) is 26.7 Å². The van der Waals surface area contributed by atoms with E-state index in [0.29, 0.717) is 19.0 Å². The van der Waals surface area contributed by atoms with Crippen molar-refractivity contribution in [3.8, 4) is 0 Å². The van der Waals surface area contributed by atoms with Gasteiger partial charge in [-0.3, -0.25) is 9.59 Å². The third-order valence-electron chi connectivity index (χ3n) is 6.00. The van der Waals surface area contributed by atoms with Gasteiger partial charge in [0.2, 0.25) is 15.9 Å². The number of carbonyl (C=O) groups excluding carboxylic acids is 2. The van der Waals surface area contributed by atoms with Crippen molar-refractivity contribution in [3.63, 3.8) is 0 Å². The first-order valence-electron chi connectivity index (χ1n) is 10.5. The first-order valence-corrected chi connectivity index (χ1v) is 11.9. The summed E-state index contributed by atoms with van der Waals surface area (Å²) in [7, 11) is -2.47. The molecule has 0 atom stereocenters. The molecule has 1 saturated heterocycles. The van der Waals surface area contributed by atoms with E-state index in [0.717, 1.165) is 42.8 Å². The number of amides is 2. The van der Waals surface area contributed by atoms with Gasteiger partial charge in [0.15, 0.2) is 0 Å². The monoisotopic (exact) mass is 424 g/mol. The Morgan fingerprint density at radius 3 is 2.48 bits per heavy atom. The third-order valence-corrected chi connectivity index (χ3v) is 7.78. The predicted octanol–water partition coefficient (Wildman–Crippen LogP) is 1.96. The molecule has 9 heteroatoms. The summed E-state index contributed by atoms with van der Waals surface area (Å²) in [6.07, 6.45) is 8.50. The second-order valence-electron chi connectivity index (χ2n) is 8.39. The van der Waals surface area contributed by atoms with Crippen LogP contribution < -0.4 is 5.32 Å². The van der Waals surface area contributed by atoms with Crippen LogP contribution in [0.5, 0.6) is 0 Å². The lowest BCUT2D eigenvalue weighted by atomic mass is 9.95. The fraction of sp³-hybridized carbons (Fsp3) is 0.700. The number of hydrogen-bond acceptors (Lipinski definition) is 4. The smallest absolute Gasteiger partial charge is 0.270 e. The average molecular weight is 425 g/mol. The fourth-order valence-electron chi connectivity index (χ4n) is 4.02. The van der Waals surface area contributed by atoms with Crippen molar-refractivity contribution in [1.82, 2.24) is 19.5 Å². The molecule has 3 rings (SSSR count). The summed E-state index contributed by atoms with van der Waals surface area (Å²) >= 11 is 0. The number of aromatic amines is 1. The van der Waals surface area contributed by atoms with E-state index in [2.05, 4.69) is 17.2 Å². The molecule has 2 fully saturated rings. The van der Waals surface area contributed by atoms with Crippen LogP contribution in [0.25, 0.3) is 0 Å². The van der Waals surface area contributed by atoms with Crippen LogP contribution in [0.15, 0.2) is 17.2 Å². The Balaban J connectivity index is 1.60. The number of nitrogens with one attached hydrogen (secondary N) is 2. The Kier molecular flexibility index (Phi) is 7.00. The van der Waals surface area contributed by atoms with Gasteiger partial charge in [0.1, 0.15) is 10.6 Å². The molecule has 2 N–H and O–H groups in total. The molecule has 2 amide bonds. The molecule has 1 aromatic rings. The van der Waals surface area contributed by atoms with Crippen molar-refractivity contribution in [2.24, 2.45) is 5.92 Å². The van der Waals surface area contributed by atoms with Gasteiger partial charge in [-0.25, -0.2) is 8.42 Å². The van der Waals surface area contributed by atoms with Gasteiger partial charge in [0.25, 0.3) is 5.91 Å². The van der Waals surface area contributed by atoms with Crippen LogP contribution in [-0.2, 0) is 14.8 Å². The van der Waals surface area contributed by atoms with Gasteiger partial charge >= 0.3 is 0 Å². The minimum absolute atomic E-state index is 0.000746. The molecule has 0 radical (unpaired) electrons. The summed E-state index contributed by atoms with van der Waals surface area (Å²) in [5.74, 6) is 0.125. The molecule has 2 aliphatic rings. The van der Waals surface area contributed by atoms with Crippen molar-refractivity contribution < 1.29 is 18.0 Å². The summed E-state index contributed by atoms with van der Waals surface area (Å²) in [5, 5.41) is 2.93. The normalized spacial score (nSPS) is 19.5. The van der Waals surface area contributed by atoms with Crippen LogP contribution in [-0.4, -0.2) is 67.1 Å². The summed E-state index contributed by atoms with van der Waals surface area (Å²) in [6, 6.07) is 1.50. The molecule has 0 spiro atoms. The molecule has 8 nitrogen and oxygen atoms in total. The number of hydrogen-bond donors (Lipinski definition) is 2. The maximum absolute atomic E-state index is 12.8. The van der Waals surface area contributed by atoms with E-state index >= 15 is 0 Å². The lowest BCUT2D eigenvalue weighted by molar-refractivity contribution is -0.122. The highest BCUT2D eigenvalue weighted by atomic mass is 32.2. The van der Waals surface area contributed by atoms with Crippen LogP contribution in [0.4, 0.5) is 0 Å². The highest BCUT2D eigenvalue weighted by Crippen LogP contribution is 2.21. The molecule has 162 valence electrons. The van der Waals surface area contributed by atoms with Crippen molar-refractivity contribution in [1.29, 1.82) is 0 Å². The van der Waals surface area contributed by atoms with Gasteiger partial charge in [-0.05, 0) is 37.7 Å². The summed E-state index contributed by atoms with van der Waals surface area (Å²) in [6.45, 7) is 3.30. The first-order chi connectivity index (χ1) is 13.8. The number of rotatable bonds is 6. The number of likely N-dealkylation sites (N-methyl/N-ethyl adjacent to an activating group) is 1. The van der Waals surface area contributed by atoms with Gasteiger partial charge < -0.3 is 15.2 Å². The zero-order valence-electron chi connectivity index (χ0n) is 17.3. The van der Waals surface area contributed by atoms with E-state index in [1.54, 1.807) is 4.90 Å². The van der Waals surface area contributed by atoms with E-state index in [4.69, 9.17) is 0 Å². The molecule has 0 unspecified atom stereocenters. The maximum Gasteiger partial charge on any atom is 0.270 e. The van der Waals surface area contributed by atoms with Crippen LogP contribution in [0.1, 0.15) is 62.4 Å². The number of carbonyl (C=O) groups is 2. The van der Waals surface area contributed by atoms with Crippen LogP contribution in [0.3, 0.4) is 0 Å². The Morgan fingerprint density at radius 2 is 1.83 bits per heavy atom. The molecule has 1 aliphatic heterocycles. The molecule has 1 aromatic heterocycles. The Morgan fingerprint density at radius 1 is 1.17 bits per heavy atom. The van der Waals surface area contributed by atoms with Crippen molar-refractivity contribution in [3.05, 3.63) is 18.0 Å². The minimum atomic E-state index is -3.86. The third kappa shape index (κ3) is 5.39. The Labute approximate surface area is 173 Å². The largest absolute Gasteiger partial charge is 0.356 e. The lowest BCUT2D eigenvalue weighted by Gasteiger charge is -2.29. The lowest BCUT2D eigenvalue weighted by Crippen LogP contribution is -2.43. The maximum atomic E-state index is 12.8. The van der Waals surface area contributed by atoms with Crippen LogP contribution in [0, 0.1) is 5.92 Å². The summed E-state index contributed by atoms with van der Waals surface area (Å²) < 4.78 is 26.7. The number of aromatic nitrogens is 1. The minimum Gasteiger partial charge on any atom is -0.356 e. The molecule has 1 aliphatic carbocycles. The summed E-state index contributed by atoms with van der Waals surface area (Å²) in [4.78, 5) is 29.4. The highest BCUT2D eigenvalue weighted by Gasteiger charge is 2.28. The molecule has 0 aromatic carbocycles. The van der Waals surface area contributed by atoms with Gasteiger partial charge in [-0.1, -0.05) is 26.2 Å². The van der Waals surface area contributed by atoms with Gasteiger partial charge in [-0.15, -0.1) is 0 Å². The van der Waals surface area contributed by atoms with Gasteiger partial charge in [-0.2, -0.15) is 4.31 Å². The highest BCUT2D eigenvalue weighted by molar-refractivity contribution is 7.89. The molecular formula is C20H32N4O4S. The predicted molar refractivity (Wildman–Crippen MR) is 110 cm³/mol. The topological polar surface area (TPSA) is 103 Å². The van der Waals surface area contributed by atoms with Gasteiger partial charge in [0.05, 0.1) is 6.54 Å². The zero-order valence-corrected chi connectivity index (χ0v) is 18.1. The van der Waals surface area contributed by atoms with Crippen molar-refractivity contribution >= 4 is 21.8 Å². The number of likely N-dealkylation sites (tertiary alicyclic amines) is 1. The Bertz CT molecular complexity index is 821. The average Bonchev–Trinajstić information content (AvgIpc) is 3.19. The standard InChI is InChI=1S/C20H32N4O4S/c1-15-8-10-24(11-9-15)20(26)18-12-17(13-21-18)29(27,28)23(2)14-19(25)22-16-6-4-3-5-7-16/h12-13,15-16,21H,3-11,14H2,1-2H3,(H,22,25). The van der Waals surface area contributed by atoms with E-state index in [1.165, 1.54) is 25.7 Å². The van der Waals surface area contributed by atoms with Crippen LogP contribution >= 0.6 is 0 Å². The number of sulfonamides is 1. The summed E-state index contributed by atoms with van der Waals surface area (Å²) in [5.41, 5.74) is 0.262. The zero-order chi connectivity index (χ0) is 21.0. The molecular weight excluding hydrogens is 392 g/mol. The fourth-order valence-corrected chi connectivity index (χ4v) is 5.14.